The van der Waals surface area contributed by atoms with Crippen molar-refractivity contribution in [2.75, 3.05) is 39.8 Å². The van der Waals surface area contributed by atoms with Crippen LogP contribution in [0.4, 0.5) is 4.39 Å². The van der Waals surface area contributed by atoms with Crippen LogP contribution in [0.5, 0.6) is 0 Å². The Morgan fingerprint density at radius 2 is 1.96 bits per heavy atom. The van der Waals surface area contributed by atoms with Crippen LogP contribution in [0.25, 0.3) is 0 Å². The Labute approximate surface area is 158 Å². The van der Waals surface area contributed by atoms with E-state index in [1.807, 2.05) is 11.4 Å². The van der Waals surface area contributed by atoms with E-state index in [-0.39, 0.29) is 10.9 Å². The van der Waals surface area contributed by atoms with E-state index in [1.165, 1.54) is 18.2 Å². The molecule has 2 aromatic rings. The van der Waals surface area contributed by atoms with Gasteiger partial charge in [-0.1, -0.05) is 0 Å². The van der Waals surface area contributed by atoms with E-state index in [2.05, 4.69) is 26.9 Å². The largest absolute Gasteiger partial charge is 0.304 e. The van der Waals surface area contributed by atoms with Gasteiger partial charge >= 0.3 is 0 Å². The summed E-state index contributed by atoms with van der Waals surface area (Å²) in [5, 5.41) is 4.08. The van der Waals surface area contributed by atoms with Gasteiger partial charge in [-0.25, -0.2) is 17.5 Å². The SMILES string of the molecule is Cc1cc(S(=O)(=O)NCC(c2ccsc2)N2CCN(C)CC2)ccc1F. The smallest absolute Gasteiger partial charge is 0.240 e. The fourth-order valence-electron chi connectivity index (χ4n) is 3.11. The van der Waals surface area contributed by atoms with E-state index < -0.39 is 15.8 Å². The zero-order valence-corrected chi connectivity index (χ0v) is 16.6. The van der Waals surface area contributed by atoms with Crippen molar-refractivity contribution < 1.29 is 12.8 Å². The molecule has 1 aromatic carbocycles. The number of likely N-dealkylation sites (N-methyl/N-ethyl adjacent to an activating group) is 1. The molecule has 0 radical (unpaired) electrons. The maximum Gasteiger partial charge on any atom is 0.240 e. The van der Waals surface area contributed by atoms with Gasteiger partial charge in [-0.15, -0.1) is 0 Å². The molecule has 26 heavy (non-hydrogen) atoms. The Kier molecular flexibility index (Phi) is 6.09. The summed E-state index contributed by atoms with van der Waals surface area (Å²) in [6.07, 6.45) is 0. The molecule has 1 N–H and O–H groups in total. The molecule has 0 bridgehead atoms. The summed E-state index contributed by atoms with van der Waals surface area (Å²) in [5.41, 5.74) is 1.44. The Balaban J connectivity index is 1.75. The van der Waals surface area contributed by atoms with Crippen molar-refractivity contribution in [1.29, 1.82) is 0 Å². The molecule has 1 saturated heterocycles. The molecule has 5 nitrogen and oxygen atoms in total. The van der Waals surface area contributed by atoms with Crippen LogP contribution in [0.15, 0.2) is 39.9 Å². The van der Waals surface area contributed by atoms with Gasteiger partial charge in [0.1, 0.15) is 5.82 Å². The molecule has 1 unspecified atom stereocenters. The van der Waals surface area contributed by atoms with Gasteiger partial charge in [0.2, 0.25) is 10.0 Å². The number of hydrogen-bond donors (Lipinski definition) is 1. The van der Waals surface area contributed by atoms with Crippen molar-refractivity contribution in [2.45, 2.75) is 17.9 Å². The number of piperazine rings is 1. The van der Waals surface area contributed by atoms with Crippen LogP contribution in [0, 0.1) is 12.7 Å². The van der Waals surface area contributed by atoms with Crippen LogP contribution < -0.4 is 4.72 Å². The van der Waals surface area contributed by atoms with Crippen molar-refractivity contribution >= 4 is 21.4 Å². The number of hydrogen-bond acceptors (Lipinski definition) is 5. The average Bonchev–Trinajstić information content (AvgIpc) is 3.13. The van der Waals surface area contributed by atoms with Crippen LogP contribution in [0.1, 0.15) is 17.2 Å². The number of nitrogens with one attached hydrogen (secondary N) is 1. The van der Waals surface area contributed by atoms with E-state index in [1.54, 1.807) is 18.3 Å². The minimum Gasteiger partial charge on any atom is -0.304 e. The van der Waals surface area contributed by atoms with Crippen LogP contribution in [0.3, 0.4) is 0 Å². The highest BCUT2D eigenvalue weighted by atomic mass is 32.2. The highest BCUT2D eigenvalue weighted by Gasteiger charge is 2.26. The van der Waals surface area contributed by atoms with E-state index >= 15 is 0 Å². The standard InChI is InChI=1S/C18H24FN3O2S2/c1-14-11-16(3-4-17(14)19)26(23,24)20-12-18(15-5-10-25-13-15)22-8-6-21(2)7-9-22/h3-5,10-11,13,18,20H,6-9,12H2,1-2H3. The third-order valence-corrected chi connectivity index (χ3v) is 6.94. The maximum atomic E-state index is 13.4. The third-order valence-electron chi connectivity index (χ3n) is 4.81. The second-order valence-corrected chi connectivity index (χ2v) is 9.22. The van der Waals surface area contributed by atoms with Crippen molar-refractivity contribution in [3.8, 4) is 0 Å². The number of benzene rings is 1. The summed E-state index contributed by atoms with van der Waals surface area (Å²) < 4.78 is 41.4. The monoisotopic (exact) mass is 397 g/mol. The maximum absolute atomic E-state index is 13.4. The van der Waals surface area contributed by atoms with E-state index in [4.69, 9.17) is 0 Å². The fourth-order valence-corrected chi connectivity index (χ4v) is 4.94. The highest BCUT2D eigenvalue weighted by molar-refractivity contribution is 7.89. The van der Waals surface area contributed by atoms with Crippen molar-refractivity contribution in [1.82, 2.24) is 14.5 Å². The van der Waals surface area contributed by atoms with E-state index in [0.29, 0.717) is 12.1 Å². The lowest BCUT2D eigenvalue weighted by Gasteiger charge is -2.37. The molecule has 3 rings (SSSR count). The molecule has 0 amide bonds. The van der Waals surface area contributed by atoms with Crippen molar-refractivity contribution in [3.05, 3.63) is 52.0 Å². The van der Waals surface area contributed by atoms with Gasteiger partial charge in [-0.05, 0) is 60.1 Å². The lowest BCUT2D eigenvalue weighted by Crippen LogP contribution is -2.48. The van der Waals surface area contributed by atoms with E-state index in [9.17, 15) is 12.8 Å². The number of nitrogens with zero attached hydrogens (tertiary/aromatic N) is 2. The van der Waals surface area contributed by atoms with Crippen molar-refractivity contribution in [2.24, 2.45) is 0 Å². The minimum atomic E-state index is -3.69. The zero-order valence-electron chi connectivity index (χ0n) is 15.0. The third kappa shape index (κ3) is 4.50. The minimum absolute atomic E-state index is 0.00808. The first-order chi connectivity index (χ1) is 12.4. The molecule has 1 aliphatic heterocycles. The van der Waals surface area contributed by atoms with Crippen LogP contribution in [0.2, 0.25) is 0 Å². The highest BCUT2D eigenvalue weighted by Crippen LogP contribution is 2.24. The van der Waals surface area contributed by atoms with Gasteiger partial charge < -0.3 is 4.90 Å². The molecule has 1 atom stereocenters. The molecule has 2 heterocycles. The molecule has 1 aromatic heterocycles. The Morgan fingerprint density at radius 1 is 1.23 bits per heavy atom. The Morgan fingerprint density at radius 3 is 2.58 bits per heavy atom. The Bertz CT molecular complexity index is 832. The molecule has 0 spiro atoms. The lowest BCUT2D eigenvalue weighted by molar-refractivity contribution is 0.113. The normalized spacial score (nSPS) is 18.1. The molecule has 0 saturated carbocycles. The zero-order chi connectivity index (χ0) is 18.7. The molecule has 1 aliphatic rings. The van der Waals surface area contributed by atoms with Crippen LogP contribution >= 0.6 is 11.3 Å². The number of sulfonamides is 1. The molecular formula is C18H24FN3O2S2. The molecule has 142 valence electrons. The average molecular weight is 398 g/mol. The molecule has 8 heteroatoms. The van der Waals surface area contributed by atoms with Gasteiger partial charge in [-0.2, -0.15) is 11.3 Å². The predicted molar refractivity (Wildman–Crippen MR) is 102 cm³/mol. The first-order valence-electron chi connectivity index (χ1n) is 8.57. The fraction of sp³-hybridized carbons (Fsp3) is 0.444. The summed E-state index contributed by atoms with van der Waals surface area (Å²) in [5.74, 6) is -0.405. The number of thiophene rings is 1. The van der Waals surface area contributed by atoms with Gasteiger partial charge in [0.25, 0.3) is 0 Å². The molecular weight excluding hydrogens is 373 g/mol. The van der Waals surface area contributed by atoms with Crippen LogP contribution in [-0.2, 0) is 10.0 Å². The lowest BCUT2D eigenvalue weighted by atomic mass is 10.1. The number of halogens is 1. The summed E-state index contributed by atoms with van der Waals surface area (Å²) in [4.78, 5) is 4.69. The molecule has 0 aliphatic carbocycles. The number of rotatable bonds is 6. The quantitative estimate of drug-likeness (QED) is 0.814. The van der Waals surface area contributed by atoms with Gasteiger partial charge in [-0.3, -0.25) is 4.90 Å². The summed E-state index contributed by atoms with van der Waals surface area (Å²) in [6.45, 7) is 5.57. The second kappa shape index (κ2) is 8.14. The summed E-state index contributed by atoms with van der Waals surface area (Å²) >= 11 is 1.61. The Hall–Kier alpha value is -1.32. The topological polar surface area (TPSA) is 52.7 Å². The van der Waals surface area contributed by atoms with Gasteiger partial charge in [0.15, 0.2) is 0 Å². The van der Waals surface area contributed by atoms with E-state index in [0.717, 1.165) is 31.7 Å². The van der Waals surface area contributed by atoms with Crippen molar-refractivity contribution in [3.63, 3.8) is 0 Å². The predicted octanol–water partition coefficient (Wildman–Crippen LogP) is 2.46. The first-order valence-corrected chi connectivity index (χ1v) is 11.0. The van der Waals surface area contributed by atoms with Gasteiger partial charge in [0, 0.05) is 38.8 Å². The van der Waals surface area contributed by atoms with Crippen LogP contribution in [-0.4, -0.2) is 58.0 Å². The molecule has 1 fully saturated rings. The second-order valence-electron chi connectivity index (χ2n) is 6.67. The van der Waals surface area contributed by atoms with Gasteiger partial charge in [0.05, 0.1) is 4.90 Å². The summed E-state index contributed by atoms with van der Waals surface area (Å²) in [7, 11) is -1.59. The first kappa shape index (κ1) is 19.4. The summed E-state index contributed by atoms with van der Waals surface area (Å²) in [6, 6.07) is 5.91. The number of aryl methyl sites for hydroxylation is 1.